The molecule has 1 aliphatic carbocycles. The Hall–Kier alpha value is -1.79. The molecule has 5 N–H and O–H groups in total. The molecule has 0 bridgehead atoms. The van der Waals surface area contributed by atoms with Gasteiger partial charge in [-0.3, -0.25) is 9.59 Å². The van der Waals surface area contributed by atoms with E-state index in [0.29, 0.717) is 12.8 Å². The highest BCUT2D eigenvalue weighted by Crippen LogP contribution is 2.34. The predicted molar refractivity (Wildman–Crippen MR) is 73.0 cm³/mol. The third-order valence-electron chi connectivity index (χ3n) is 3.88. The van der Waals surface area contributed by atoms with E-state index in [1.54, 1.807) is 0 Å². The van der Waals surface area contributed by atoms with Gasteiger partial charge in [0, 0.05) is 6.54 Å². The second-order valence-electron chi connectivity index (χ2n) is 5.45. The van der Waals surface area contributed by atoms with Gasteiger partial charge in [-0.15, -0.1) is 0 Å². The number of carboxylic acids is 1. The fourth-order valence-corrected chi connectivity index (χ4v) is 2.44. The molecule has 1 fully saturated rings. The Labute approximate surface area is 118 Å². The lowest BCUT2D eigenvalue weighted by molar-refractivity contribution is -0.149. The normalized spacial score (nSPS) is 19.4. The number of nitrogens with two attached hydrogens (primary N) is 1. The number of aliphatic carboxylic acids is 1. The molecule has 0 aromatic heterocycles. The van der Waals surface area contributed by atoms with Crippen LogP contribution in [0, 0.1) is 5.41 Å². The first-order valence-corrected chi connectivity index (χ1v) is 6.94. The van der Waals surface area contributed by atoms with Gasteiger partial charge in [0.15, 0.2) is 0 Å². The molecule has 7 heteroatoms. The lowest BCUT2D eigenvalue weighted by Crippen LogP contribution is -2.50. The van der Waals surface area contributed by atoms with E-state index in [-0.39, 0.29) is 6.54 Å². The second-order valence-corrected chi connectivity index (χ2v) is 5.45. The molecule has 3 amide bonds. The van der Waals surface area contributed by atoms with Gasteiger partial charge in [-0.2, -0.15) is 0 Å². The van der Waals surface area contributed by atoms with Gasteiger partial charge in [0.2, 0.25) is 5.91 Å². The largest absolute Gasteiger partial charge is 0.481 e. The highest BCUT2D eigenvalue weighted by atomic mass is 16.4. The summed E-state index contributed by atoms with van der Waals surface area (Å²) in [7, 11) is 0. The molecule has 1 saturated carbocycles. The Bertz CT molecular complexity index is 376. The number of primary amides is 1. The molecule has 0 spiro atoms. The minimum Gasteiger partial charge on any atom is -0.481 e. The molecule has 0 aromatic rings. The van der Waals surface area contributed by atoms with E-state index in [1.165, 1.54) is 6.92 Å². The molecule has 7 nitrogen and oxygen atoms in total. The van der Waals surface area contributed by atoms with E-state index in [9.17, 15) is 19.5 Å². The van der Waals surface area contributed by atoms with Crippen LogP contribution in [0.5, 0.6) is 0 Å². The van der Waals surface area contributed by atoms with E-state index >= 15 is 0 Å². The highest BCUT2D eigenvalue weighted by molar-refractivity contribution is 5.85. The minimum absolute atomic E-state index is 0.0691. The van der Waals surface area contributed by atoms with Crippen LogP contribution < -0.4 is 16.4 Å². The van der Waals surface area contributed by atoms with Crippen molar-refractivity contribution in [1.82, 2.24) is 10.6 Å². The van der Waals surface area contributed by atoms with Crippen molar-refractivity contribution in [3.63, 3.8) is 0 Å². The van der Waals surface area contributed by atoms with Gasteiger partial charge in [-0.25, -0.2) is 4.79 Å². The molecular weight excluding hydrogens is 262 g/mol. The van der Waals surface area contributed by atoms with Crippen LogP contribution in [0.15, 0.2) is 0 Å². The summed E-state index contributed by atoms with van der Waals surface area (Å²) in [6, 6.07) is -1.36. The van der Waals surface area contributed by atoms with Gasteiger partial charge < -0.3 is 21.5 Å². The van der Waals surface area contributed by atoms with Crippen molar-refractivity contribution in [2.24, 2.45) is 11.1 Å². The molecule has 0 saturated heterocycles. The Kier molecular flexibility index (Phi) is 5.79. The number of hydrogen-bond donors (Lipinski definition) is 4. The average Bonchev–Trinajstić information content (AvgIpc) is 2.62. The number of amides is 3. The first kappa shape index (κ1) is 16.3. The molecule has 114 valence electrons. The van der Waals surface area contributed by atoms with Crippen molar-refractivity contribution >= 4 is 17.9 Å². The summed E-state index contributed by atoms with van der Waals surface area (Å²) in [4.78, 5) is 34.0. The Balaban J connectivity index is 2.56. The molecule has 0 heterocycles. The van der Waals surface area contributed by atoms with Crippen molar-refractivity contribution in [1.29, 1.82) is 0 Å². The summed E-state index contributed by atoms with van der Waals surface area (Å²) in [5.41, 5.74) is 4.14. The summed E-state index contributed by atoms with van der Waals surface area (Å²) >= 11 is 0. The zero-order valence-electron chi connectivity index (χ0n) is 11.8. The van der Waals surface area contributed by atoms with Crippen LogP contribution >= 0.6 is 0 Å². The SMILES string of the molecule is CC(NC(=O)NCC1(C(=O)O)CCCCCC1)C(N)=O. The second kappa shape index (κ2) is 7.12. The Morgan fingerprint density at radius 3 is 2.20 bits per heavy atom. The third-order valence-corrected chi connectivity index (χ3v) is 3.88. The lowest BCUT2D eigenvalue weighted by atomic mass is 9.80. The maximum absolute atomic E-state index is 11.6. The van der Waals surface area contributed by atoms with Crippen LogP contribution in [0.2, 0.25) is 0 Å². The number of hydrogen-bond acceptors (Lipinski definition) is 3. The van der Waals surface area contributed by atoms with E-state index in [1.807, 2.05) is 0 Å². The summed E-state index contributed by atoms with van der Waals surface area (Å²) in [6.07, 6.45) is 4.89. The summed E-state index contributed by atoms with van der Waals surface area (Å²) < 4.78 is 0. The zero-order chi connectivity index (χ0) is 15.2. The van der Waals surface area contributed by atoms with Crippen molar-refractivity contribution in [3.8, 4) is 0 Å². The molecule has 1 aliphatic rings. The fourth-order valence-electron chi connectivity index (χ4n) is 2.44. The number of urea groups is 1. The van der Waals surface area contributed by atoms with Crippen molar-refractivity contribution in [2.45, 2.75) is 51.5 Å². The van der Waals surface area contributed by atoms with Crippen molar-refractivity contribution in [3.05, 3.63) is 0 Å². The van der Waals surface area contributed by atoms with Gasteiger partial charge in [0.05, 0.1) is 5.41 Å². The first-order chi connectivity index (χ1) is 9.37. The summed E-state index contributed by atoms with van der Waals surface area (Å²) in [6.45, 7) is 1.54. The number of carboxylic acid groups (broad SMARTS) is 1. The smallest absolute Gasteiger partial charge is 0.315 e. The number of carbonyl (C=O) groups is 3. The van der Waals surface area contributed by atoms with Crippen molar-refractivity contribution in [2.75, 3.05) is 6.54 Å². The number of nitrogens with one attached hydrogen (secondary N) is 2. The maximum Gasteiger partial charge on any atom is 0.315 e. The Morgan fingerprint density at radius 2 is 1.75 bits per heavy atom. The van der Waals surface area contributed by atoms with Gasteiger partial charge in [-0.1, -0.05) is 25.7 Å². The summed E-state index contributed by atoms with van der Waals surface area (Å²) in [5, 5.41) is 14.4. The quantitative estimate of drug-likeness (QED) is 0.552. The number of rotatable bonds is 5. The van der Waals surface area contributed by atoms with Gasteiger partial charge >= 0.3 is 12.0 Å². The van der Waals surface area contributed by atoms with Crippen LogP contribution in [-0.2, 0) is 9.59 Å². The predicted octanol–water partition coefficient (Wildman–Crippen LogP) is 0.585. The van der Waals surface area contributed by atoms with Crippen LogP contribution in [0.25, 0.3) is 0 Å². The molecule has 1 atom stereocenters. The molecular formula is C13H23N3O4. The van der Waals surface area contributed by atoms with Crippen LogP contribution in [0.4, 0.5) is 4.79 Å². The first-order valence-electron chi connectivity index (χ1n) is 6.94. The fraction of sp³-hybridized carbons (Fsp3) is 0.769. The third kappa shape index (κ3) is 4.40. The molecule has 1 unspecified atom stereocenters. The average molecular weight is 285 g/mol. The molecule has 20 heavy (non-hydrogen) atoms. The molecule has 0 aliphatic heterocycles. The van der Waals surface area contributed by atoms with E-state index in [2.05, 4.69) is 10.6 Å². The minimum atomic E-state index is -0.899. The van der Waals surface area contributed by atoms with Gasteiger partial charge in [0.25, 0.3) is 0 Å². The molecule has 1 rings (SSSR count). The standard InChI is InChI=1S/C13H23N3O4/c1-9(10(14)17)16-12(20)15-8-13(11(18)19)6-4-2-3-5-7-13/h9H,2-8H2,1H3,(H2,14,17)(H,18,19)(H2,15,16,20). The van der Waals surface area contributed by atoms with Crippen LogP contribution in [0.1, 0.15) is 45.4 Å². The maximum atomic E-state index is 11.6. The summed E-state index contributed by atoms with van der Waals surface area (Å²) in [5.74, 6) is -1.51. The lowest BCUT2D eigenvalue weighted by Gasteiger charge is -2.28. The van der Waals surface area contributed by atoms with E-state index in [0.717, 1.165) is 25.7 Å². The monoisotopic (exact) mass is 285 g/mol. The Morgan fingerprint density at radius 1 is 1.20 bits per heavy atom. The molecule has 0 radical (unpaired) electrons. The number of carbonyl (C=O) groups excluding carboxylic acids is 2. The van der Waals surface area contributed by atoms with Crippen molar-refractivity contribution < 1.29 is 19.5 Å². The topological polar surface area (TPSA) is 122 Å². The van der Waals surface area contributed by atoms with Gasteiger partial charge in [-0.05, 0) is 19.8 Å². The van der Waals surface area contributed by atoms with E-state index < -0.39 is 29.4 Å². The van der Waals surface area contributed by atoms with E-state index in [4.69, 9.17) is 5.73 Å². The molecule has 0 aromatic carbocycles. The highest BCUT2D eigenvalue weighted by Gasteiger charge is 2.38. The zero-order valence-corrected chi connectivity index (χ0v) is 11.8. The van der Waals surface area contributed by atoms with Crippen LogP contribution in [-0.4, -0.2) is 35.6 Å². The van der Waals surface area contributed by atoms with Crippen LogP contribution in [0.3, 0.4) is 0 Å². The van der Waals surface area contributed by atoms with Gasteiger partial charge in [0.1, 0.15) is 6.04 Å².